The summed E-state index contributed by atoms with van der Waals surface area (Å²) in [5.74, 6) is 0.951. The zero-order valence-corrected chi connectivity index (χ0v) is 12.3. The van der Waals surface area contributed by atoms with Gasteiger partial charge in [0, 0.05) is 6.54 Å². The molecule has 0 aromatic heterocycles. The number of rotatable bonds is 6. The van der Waals surface area contributed by atoms with Crippen molar-refractivity contribution in [1.29, 1.82) is 0 Å². The van der Waals surface area contributed by atoms with Gasteiger partial charge in [-0.05, 0) is 51.0 Å². The van der Waals surface area contributed by atoms with Crippen molar-refractivity contribution in [3.05, 3.63) is 0 Å². The van der Waals surface area contributed by atoms with Crippen molar-refractivity contribution in [1.82, 2.24) is 5.32 Å². The Hall–Kier alpha value is -0.0800. The minimum absolute atomic E-state index is 0.163. The van der Waals surface area contributed by atoms with Gasteiger partial charge in [-0.1, -0.05) is 33.1 Å². The molecule has 2 rings (SSSR count). The number of likely N-dealkylation sites (N-methyl/N-ethyl adjacent to an activating group) is 1. The molecule has 0 aromatic rings. The predicted octanol–water partition coefficient (Wildman–Crippen LogP) is 3.89. The van der Waals surface area contributed by atoms with E-state index in [0.29, 0.717) is 6.10 Å². The first-order valence-electron chi connectivity index (χ1n) is 8.16. The molecular weight excluding hydrogens is 222 g/mol. The molecule has 2 fully saturated rings. The van der Waals surface area contributed by atoms with Gasteiger partial charge in [-0.3, -0.25) is 0 Å². The van der Waals surface area contributed by atoms with E-state index in [-0.39, 0.29) is 5.60 Å². The summed E-state index contributed by atoms with van der Waals surface area (Å²) in [4.78, 5) is 0. The molecule has 0 amide bonds. The summed E-state index contributed by atoms with van der Waals surface area (Å²) in [6, 6.07) is 0. The van der Waals surface area contributed by atoms with Crippen LogP contribution in [0.2, 0.25) is 0 Å². The van der Waals surface area contributed by atoms with E-state index in [0.717, 1.165) is 19.0 Å². The lowest BCUT2D eigenvalue weighted by Gasteiger charge is -2.42. The van der Waals surface area contributed by atoms with Gasteiger partial charge in [-0.15, -0.1) is 0 Å². The first-order valence-corrected chi connectivity index (χ1v) is 8.16. The summed E-state index contributed by atoms with van der Waals surface area (Å²) in [5.41, 5.74) is 0.163. The molecule has 0 radical (unpaired) electrons. The molecule has 106 valence electrons. The Kier molecular flexibility index (Phi) is 5.50. The van der Waals surface area contributed by atoms with Crippen molar-refractivity contribution in [3.8, 4) is 0 Å². The molecule has 0 unspecified atom stereocenters. The fraction of sp³-hybridized carbons (Fsp3) is 1.00. The number of ether oxygens (including phenoxy) is 1. The number of hydrogen-bond donors (Lipinski definition) is 1. The van der Waals surface area contributed by atoms with Crippen LogP contribution in [0.4, 0.5) is 0 Å². The Morgan fingerprint density at radius 3 is 2.28 bits per heavy atom. The monoisotopic (exact) mass is 253 g/mol. The quantitative estimate of drug-likeness (QED) is 0.775. The van der Waals surface area contributed by atoms with E-state index in [4.69, 9.17) is 4.74 Å². The van der Waals surface area contributed by atoms with Gasteiger partial charge in [-0.2, -0.15) is 0 Å². The average molecular weight is 253 g/mol. The highest BCUT2D eigenvalue weighted by molar-refractivity contribution is 4.90. The fourth-order valence-corrected chi connectivity index (χ4v) is 3.66. The van der Waals surface area contributed by atoms with Crippen LogP contribution in [0.15, 0.2) is 0 Å². The van der Waals surface area contributed by atoms with Gasteiger partial charge in [0.1, 0.15) is 0 Å². The maximum atomic E-state index is 6.57. The molecule has 2 aliphatic carbocycles. The second-order valence-corrected chi connectivity index (χ2v) is 6.34. The van der Waals surface area contributed by atoms with Crippen molar-refractivity contribution in [2.24, 2.45) is 5.92 Å². The minimum atomic E-state index is 0.163. The molecule has 0 bridgehead atoms. The van der Waals surface area contributed by atoms with Gasteiger partial charge in [0.05, 0.1) is 11.7 Å². The Labute approximate surface area is 113 Å². The maximum absolute atomic E-state index is 6.57. The van der Waals surface area contributed by atoms with Crippen molar-refractivity contribution < 1.29 is 4.74 Å². The van der Waals surface area contributed by atoms with Gasteiger partial charge in [0.25, 0.3) is 0 Å². The maximum Gasteiger partial charge on any atom is 0.0810 e. The molecule has 0 saturated heterocycles. The topological polar surface area (TPSA) is 21.3 Å². The van der Waals surface area contributed by atoms with Gasteiger partial charge < -0.3 is 10.1 Å². The Bertz CT molecular complexity index is 227. The summed E-state index contributed by atoms with van der Waals surface area (Å²) in [5, 5.41) is 3.54. The Balaban J connectivity index is 1.90. The lowest BCUT2D eigenvalue weighted by atomic mass is 9.77. The average Bonchev–Trinajstić information content (AvgIpc) is 2.90. The number of hydrogen-bond acceptors (Lipinski definition) is 2. The third kappa shape index (κ3) is 3.71. The van der Waals surface area contributed by atoms with E-state index in [1.165, 1.54) is 57.8 Å². The third-order valence-corrected chi connectivity index (χ3v) is 5.01. The molecule has 2 nitrogen and oxygen atoms in total. The van der Waals surface area contributed by atoms with Crippen LogP contribution in [0, 0.1) is 5.92 Å². The summed E-state index contributed by atoms with van der Waals surface area (Å²) in [6.07, 6.45) is 12.5. The van der Waals surface area contributed by atoms with Crippen LogP contribution in [0.3, 0.4) is 0 Å². The van der Waals surface area contributed by atoms with E-state index < -0.39 is 0 Å². The van der Waals surface area contributed by atoms with Crippen molar-refractivity contribution in [2.45, 2.75) is 83.3 Å². The highest BCUT2D eigenvalue weighted by Gasteiger charge is 2.37. The molecular formula is C16H31NO. The highest BCUT2D eigenvalue weighted by atomic mass is 16.5. The normalized spacial score (nSPS) is 34.0. The number of nitrogens with one attached hydrogen (secondary N) is 1. The summed E-state index contributed by atoms with van der Waals surface area (Å²) < 4.78 is 6.57. The van der Waals surface area contributed by atoms with E-state index in [1.54, 1.807) is 0 Å². The lowest BCUT2D eigenvalue weighted by Crippen LogP contribution is -2.47. The van der Waals surface area contributed by atoms with Crippen LogP contribution in [-0.4, -0.2) is 24.8 Å². The molecule has 2 aliphatic rings. The first-order chi connectivity index (χ1) is 8.78. The van der Waals surface area contributed by atoms with E-state index in [2.05, 4.69) is 19.2 Å². The van der Waals surface area contributed by atoms with Crippen LogP contribution in [0.5, 0.6) is 0 Å². The van der Waals surface area contributed by atoms with Crippen molar-refractivity contribution >= 4 is 0 Å². The van der Waals surface area contributed by atoms with E-state index >= 15 is 0 Å². The van der Waals surface area contributed by atoms with Gasteiger partial charge in [0.2, 0.25) is 0 Å². The van der Waals surface area contributed by atoms with Crippen LogP contribution in [0.1, 0.15) is 71.6 Å². The van der Waals surface area contributed by atoms with Gasteiger partial charge in [0.15, 0.2) is 0 Å². The third-order valence-electron chi connectivity index (χ3n) is 5.01. The fourth-order valence-electron chi connectivity index (χ4n) is 3.66. The largest absolute Gasteiger partial charge is 0.370 e. The van der Waals surface area contributed by atoms with Gasteiger partial charge >= 0.3 is 0 Å². The molecule has 0 atom stereocenters. The molecule has 0 aromatic carbocycles. The van der Waals surface area contributed by atoms with Crippen molar-refractivity contribution in [3.63, 3.8) is 0 Å². The van der Waals surface area contributed by atoms with Crippen LogP contribution >= 0.6 is 0 Å². The van der Waals surface area contributed by atoms with E-state index in [9.17, 15) is 0 Å². The zero-order chi connectivity index (χ0) is 12.8. The van der Waals surface area contributed by atoms with Crippen LogP contribution in [-0.2, 0) is 4.74 Å². The second-order valence-electron chi connectivity index (χ2n) is 6.34. The molecule has 0 spiro atoms. The summed E-state index contributed by atoms with van der Waals surface area (Å²) >= 11 is 0. The van der Waals surface area contributed by atoms with Crippen LogP contribution < -0.4 is 5.32 Å². The molecule has 1 N–H and O–H groups in total. The lowest BCUT2D eigenvalue weighted by molar-refractivity contribution is -0.115. The molecule has 0 aliphatic heterocycles. The predicted molar refractivity (Wildman–Crippen MR) is 76.9 cm³/mol. The minimum Gasteiger partial charge on any atom is -0.370 e. The van der Waals surface area contributed by atoms with Crippen molar-refractivity contribution in [2.75, 3.05) is 13.1 Å². The summed E-state index contributed by atoms with van der Waals surface area (Å²) in [7, 11) is 0. The SMILES string of the molecule is CCNCC1(OC2CCCC2)CCC(CC)CC1. The van der Waals surface area contributed by atoms with E-state index in [1.807, 2.05) is 0 Å². The summed E-state index contributed by atoms with van der Waals surface area (Å²) in [6.45, 7) is 6.66. The zero-order valence-electron chi connectivity index (χ0n) is 12.3. The Morgan fingerprint density at radius 1 is 1.06 bits per heavy atom. The standard InChI is InChI=1S/C16H31NO/c1-3-14-9-11-16(12-10-14,13-17-4-2)18-15-7-5-6-8-15/h14-15,17H,3-13H2,1-2H3. The molecule has 0 heterocycles. The molecule has 2 heteroatoms. The highest BCUT2D eigenvalue weighted by Crippen LogP contribution is 2.38. The first kappa shape index (κ1) is 14.3. The molecule has 2 saturated carbocycles. The Morgan fingerprint density at radius 2 is 1.72 bits per heavy atom. The molecule has 18 heavy (non-hydrogen) atoms. The van der Waals surface area contributed by atoms with Crippen LogP contribution in [0.25, 0.3) is 0 Å². The van der Waals surface area contributed by atoms with Gasteiger partial charge in [-0.25, -0.2) is 0 Å². The second kappa shape index (κ2) is 6.91. The smallest absolute Gasteiger partial charge is 0.0810 e.